The summed E-state index contributed by atoms with van der Waals surface area (Å²) in [4.78, 5) is 27.0. The molecule has 0 radical (unpaired) electrons. The molecule has 1 heterocycles. The molecule has 0 aliphatic carbocycles. The Balaban J connectivity index is 1.91. The van der Waals surface area contributed by atoms with Crippen molar-refractivity contribution in [3.63, 3.8) is 0 Å². The molecule has 234 valence electrons. The average Bonchev–Trinajstić information content (AvgIpc) is 2.99. The molecule has 0 saturated heterocycles. The second-order valence-corrected chi connectivity index (χ2v) is 13.0. The smallest absolute Gasteiger partial charge is 0.355 e. The average molecular weight is 654 g/mol. The number of carbonyl (C=O) groups is 2. The summed E-state index contributed by atoms with van der Waals surface area (Å²) in [5.74, 6) is -4.26. The summed E-state index contributed by atoms with van der Waals surface area (Å²) in [6.45, 7) is 0. The molecule has 1 unspecified atom stereocenters. The molecule has 16 heteroatoms. The van der Waals surface area contributed by atoms with Crippen molar-refractivity contribution in [2.45, 2.75) is 10.8 Å². The van der Waals surface area contributed by atoms with Crippen LogP contribution in [0.4, 0.5) is 17.1 Å². The Morgan fingerprint density at radius 3 is 2.11 bits per heavy atom. The minimum absolute atomic E-state index is 0.00347. The highest BCUT2D eigenvalue weighted by molar-refractivity contribution is 7.92. The van der Waals surface area contributed by atoms with E-state index in [1.54, 1.807) is 30.3 Å². The Morgan fingerprint density at radius 2 is 1.53 bits per heavy atom. The SMILES string of the molecule is COC(=O)C1=C(C(=O)OC)N(c2cc(S(=O)(=O)Nc3cccc(NS(C)(=O)=O)c3)ccc2O)C(N)=C(C#N)C1c1ccccc1. The number of anilines is 3. The number of nitrogens with one attached hydrogen (secondary N) is 2. The third-order valence-corrected chi connectivity index (χ3v) is 8.51. The quantitative estimate of drug-likeness (QED) is 0.245. The lowest BCUT2D eigenvalue weighted by Crippen LogP contribution is -2.40. The van der Waals surface area contributed by atoms with Crippen molar-refractivity contribution in [3.8, 4) is 11.8 Å². The summed E-state index contributed by atoms with van der Waals surface area (Å²) >= 11 is 0. The highest BCUT2D eigenvalue weighted by atomic mass is 32.2. The van der Waals surface area contributed by atoms with Gasteiger partial charge in [-0.3, -0.25) is 14.3 Å². The Labute approximate surface area is 259 Å². The number of methoxy groups -OCH3 is 2. The van der Waals surface area contributed by atoms with Crippen LogP contribution in [-0.4, -0.2) is 54.4 Å². The number of sulfonamides is 2. The van der Waals surface area contributed by atoms with E-state index < -0.39 is 60.1 Å². The zero-order valence-electron chi connectivity index (χ0n) is 24.0. The van der Waals surface area contributed by atoms with E-state index in [2.05, 4.69) is 9.44 Å². The summed E-state index contributed by atoms with van der Waals surface area (Å²) in [6.07, 6.45) is 0.936. The van der Waals surface area contributed by atoms with Crippen LogP contribution in [0.25, 0.3) is 0 Å². The summed E-state index contributed by atoms with van der Waals surface area (Å²) < 4.78 is 64.6. The van der Waals surface area contributed by atoms with E-state index in [0.717, 1.165) is 43.6 Å². The number of benzene rings is 3. The van der Waals surface area contributed by atoms with Crippen LogP contribution < -0.4 is 20.1 Å². The molecule has 3 aromatic rings. The maximum absolute atomic E-state index is 13.5. The molecule has 0 spiro atoms. The number of esters is 2. The minimum atomic E-state index is -4.43. The molecule has 0 amide bonds. The van der Waals surface area contributed by atoms with Crippen LogP contribution in [0.15, 0.2) is 100 Å². The van der Waals surface area contributed by atoms with Gasteiger partial charge < -0.3 is 20.3 Å². The lowest BCUT2D eigenvalue weighted by atomic mass is 9.81. The molecular formula is C29H27N5O9S2. The van der Waals surface area contributed by atoms with Gasteiger partial charge in [0.15, 0.2) is 0 Å². The van der Waals surface area contributed by atoms with Crippen molar-refractivity contribution < 1.29 is 41.0 Å². The number of aromatic hydroxyl groups is 1. The standard InChI is InChI=1S/C29H27N5O9S2/c1-42-28(36)25-24(17-8-5-4-6-9-17)21(16-30)27(31)34(26(25)29(37)43-2)22-15-20(12-13-23(22)35)45(40,41)33-19-11-7-10-18(14-19)32-44(3,38)39/h4-15,24,32-33,35H,31H2,1-3H3. The van der Waals surface area contributed by atoms with E-state index in [9.17, 15) is 36.8 Å². The lowest BCUT2D eigenvalue weighted by Gasteiger charge is -2.36. The van der Waals surface area contributed by atoms with Gasteiger partial charge in [-0.25, -0.2) is 26.4 Å². The summed E-state index contributed by atoms with van der Waals surface area (Å²) in [6, 6.07) is 18.7. The number of nitriles is 1. The van der Waals surface area contributed by atoms with E-state index >= 15 is 0 Å². The van der Waals surface area contributed by atoms with E-state index in [-0.39, 0.29) is 28.2 Å². The monoisotopic (exact) mass is 653 g/mol. The molecule has 3 aromatic carbocycles. The van der Waals surface area contributed by atoms with Gasteiger partial charge in [0.1, 0.15) is 17.3 Å². The summed E-state index contributed by atoms with van der Waals surface area (Å²) in [5.41, 5.74) is 5.51. The van der Waals surface area contributed by atoms with Crippen LogP contribution in [0.2, 0.25) is 0 Å². The fraction of sp³-hybridized carbons (Fsp3) is 0.138. The van der Waals surface area contributed by atoms with Crippen molar-refractivity contribution in [2.24, 2.45) is 5.73 Å². The third-order valence-electron chi connectivity index (χ3n) is 6.53. The summed E-state index contributed by atoms with van der Waals surface area (Å²) in [7, 11) is -5.97. The van der Waals surface area contributed by atoms with Gasteiger partial charge in [-0.2, -0.15) is 5.26 Å². The molecular weight excluding hydrogens is 626 g/mol. The minimum Gasteiger partial charge on any atom is -0.506 e. The highest BCUT2D eigenvalue weighted by Gasteiger charge is 2.43. The number of hydrogen-bond donors (Lipinski definition) is 4. The molecule has 1 atom stereocenters. The van der Waals surface area contributed by atoms with E-state index in [1.807, 2.05) is 6.07 Å². The molecule has 0 fully saturated rings. The molecule has 1 aliphatic rings. The third kappa shape index (κ3) is 6.69. The number of nitrogens with zero attached hydrogens (tertiary/aromatic N) is 2. The van der Waals surface area contributed by atoms with Gasteiger partial charge in [-0.1, -0.05) is 36.4 Å². The van der Waals surface area contributed by atoms with Gasteiger partial charge >= 0.3 is 11.9 Å². The number of allylic oxidation sites excluding steroid dienone is 1. The van der Waals surface area contributed by atoms with Crippen LogP contribution in [-0.2, 0) is 39.1 Å². The van der Waals surface area contributed by atoms with Crippen molar-refractivity contribution in [1.29, 1.82) is 5.26 Å². The zero-order chi connectivity index (χ0) is 33.1. The Hall–Kier alpha value is -5.53. The second-order valence-electron chi connectivity index (χ2n) is 9.55. The number of rotatable bonds is 9. The van der Waals surface area contributed by atoms with Gasteiger partial charge in [-0.15, -0.1) is 0 Å². The predicted molar refractivity (Wildman–Crippen MR) is 163 cm³/mol. The Kier molecular flexibility index (Phi) is 9.07. The molecule has 14 nitrogen and oxygen atoms in total. The van der Waals surface area contributed by atoms with E-state index in [0.29, 0.717) is 5.56 Å². The fourth-order valence-corrected chi connectivity index (χ4v) is 6.31. The number of phenols is 1. The van der Waals surface area contributed by atoms with Gasteiger partial charge in [0, 0.05) is 0 Å². The molecule has 0 aromatic heterocycles. The molecule has 4 rings (SSSR count). The first-order valence-corrected chi connectivity index (χ1v) is 16.2. The van der Waals surface area contributed by atoms with Gasteiger partial charge in [0.05, 0.1) is 65.6 Å². The molecule has 0 bridgehead atoms. The number of nitrogens with two attached hydrogens (primary N) is 1. The van der Waals surface area contributed by atoms with Crippen molar-refractivity contribution in [2.75, 3.05) is 34.8 Å². The first-order valence-electron chi connectivity index (χ1n) is 12.8. The molecule has 5 N–H and O–H groups in total. The van der Waals surface area contributed by atoms with Crippen molar-refractivity contribution in [3.05, 3.63) is 101 Å². The maximum Gasteiger partial charge on any atom is 0.355 e. The number of hydrogen-bond acceptors (Lipinski definition) is 12. The number of ether oxygens (including phenoxy) is 2. The first kappa shape index (κ1) is 32.4. The van der Waals surface area contributed by atoms with Crippen molar-refractivity contribution in [1.82, 2.24) is 0 Å². The molecule has 0 saturated carbocycles. The molecule has 45 heavy (non-hydrogen) atoms. The van der Waals surface area contributed by atoms with Crippen LogP contribution in [0.3, 0.4) is 0 Å². The number of carbonyl (C=O) groups excluding carboxylic acids is 2. The fourth-order valence-electron chi connectivity index (χ4n) is 4.69. The van der Waals surface area contributed by atoms with Crippen LogP contribution >= 0.6 is 0 Å². The summed E-state index contributed by atoms with van der Waals surface area (Å²) in [5, 5.41) is 21.1. The van der Waals surface area contributed by atoms with Gasteiger partial charge in [-0.05, 0) is 42.0 Å². The maximum atomic E-state index is 13.5. The second kappa shape index (κ2) is 12.6. The Morgan fingerprint density at radius 1 is 0.911 bits per heavy atom. The largest absolute Gasteiger partial charge is 0.506 e. The Bertz CT molecular complexity index is 2000. The van der Waals surface area contributed by atoms with Crippen LogP contribution in [0.5, 0.6) is 5.75 Å². The predicted octanol–water partition coefficient (Wildman–Crippen LogP) is 2.46. The molecule has 1 aliphatic heterocycles. The van der Waals surface area contributed by atoms with Gasteiger partial charge in [0.25, 0.3) is 10.0 Å². The van der Waals surface area contributed by atoms with Crippen LogP contribution in [0.1, 0.15) is 11.5 Å². The lowest BCUT2D eigenvalue weighted by molar-refractivity contribution is -0.139. The van der Waals surface area contributed by atoms with E-state index in [1.165, 1.54) is 24.3 Å². The van der Waals surface area contributed by atoms with E-state index in [4.69, 9.17) is 15.2 Å². The zero-order valence-corrected chi connectivity index (χ0v) is 25.6. The normalized spacial score (nSPS) is 15.2. The van der Waals surface area contributed by atoms with Crippen LogP contribution in [0, 0.1) is 11.3 Å². The van der Waals surface area contributed by atoms with Crippen molar-refractivity contribution >= 4 is 49.0 Å². The first-order chi connectivity index (χ1) is 21.2. The highest BCUT2D eigenvalue weighted by Crippen LogP contribution is 2.45. The van der Waals surface area contributed by atoms with Gasteiger partial charge in [0.2, 0.25) is 10.0 Å². The number of phenolic OH excluding ortho intramolecular Hbond substituents is 1. The topological polar surface area (TPSA) is 218 Å².